The Bertz CT molecular complexity index is 4560. The minimum Gasteiger partial charge on any atom is -0.481 e. The number of rotatable bonds is 22. The maximum Gasteiger partial charge on any atom is 0.338 e. The largest absolute Gasteiger partial charge is 0.481 e. The minimum atomic E-state index is -1.01. The van der Waals surface area contributed by atoms with E-state index in [0.29, 0.717) is 60.2 Å². The number of nitrogens with zero attached hydrogens (tertiary/aromatic N) is 13. The number of piperidine rings is 1. The maximum atomic E-state index is 12.4. The number of amides is 4. The number of aromatic nitrogens is 11. The third kappa shape index (κ3) is 23.0. The smallest absolute Gasteiger partial charge is 0.338 e. The summed E-state index contributed by atoms with van der Waals surface area (Å²) >= 11 is 0. The second-order valence-electron chi connectivity index (χ2n) is 27.1. The summed E-state index contributed by atoms with van der Waals surface area (Å²) in [6.45, 7) is 5.80. The van der Waals surface area contributed by atoms with E-state index in [2.05, 4.69) is 174 Å². The van der Waals surface area contributed by atoms with E-state index >= 15 is 0 Å². The number of aromatic carboxylic acids is 1. The summed E-state index contributed by atoms with van der Waals surface area (Å²) in [7, 11) is 0. The van der Waals surface area contributed by atoms with Crippen molar-refractivity contribution in [2.24, 2.45) is 10.3 Å². The molecule has 0 saturated carbocycles. The molecule has 1 fully saturated rings. The average Bonchev–Trinajstić information content (AvgIpc) is 1.73. The molecule has 5 aromatic heterocycles. The zero-order chi connectivity index (χ0) is 76.6. The van der Waals surface area contributed by atoms with Gasteiger partial charge in [-0.25, -0.2) is 44.7 Å². The fraction of sp³-hybridized carbons (Fsp3) is 0.364. The molecule has 16 rings (SSSR count). The highest BCUT2D eigenvalue weighted by Crippen LogP contribution is 2.28. The van der Waals surface area contributed by atoms with Crippen molar-refractivity contribution in [3.8, 4) is 0 Å². The Morgan fingerprint density at radius 1 is 0.486 bits per heavy atom. The first-order valence-electron chi connectivity index (χ1n) is 36.7. The predicted molar refractivity (Wildman–Crippen MR) is 411 cm³/mol. The molecule has 33 nitrogen and oxygen atoms in total. The summed E-state index contributed by atoms with van der Waals surface area (Å²) in [4.78, 5) is 116. The van der Waals surface area contributed by atoms with Gasteiger partial charge >= 0.3 is 17.9 Å². The first-order valence-corrected chi connectivity index (χ1v) is 36.7. The van der Waals surface area contributed by atoms with Crippen LogP contribution in [-0.4, -0.2) is 194 Å². The number of H-pyrrole nitrogens is 1. The van der Waals surface area contributed by atoms with Crippen molar-refractivity contribution in [1.82, 2.24) is 86.9 Å². The van der Waals surface area contributed by atoms with Gasteiger partial charge in [0.25, 0.3) is 17.7 Å². The first-order chi connectivity index (χ1) is 53.6. The number of ether oxygens (including phenoxy) is 1. The van der Waals surface area contributed by atoms with Gasteiger partial charge in [-0.05, 0) is 109 Å². The number of aromatic amines is 1. The molecule has 9 aromatic rings. The molecule has 4 aromatic carbocycles. The Hall–Kier alpha value is -12.5. The van der Waals surface area contributed by atoms with Gasteiger partial charge in [-0.15, -0.1) is 12.4 Å². The standard InChI is InChI=1S/C22H26N8O2.C19H22N4O3.C17H18N4O3.C14H13N3O2.C5H8N4.ClH/c31-20(30-8-6-18-19(13-30)28-29-27-18)5-7-23-21(32)16-11-24-22(25-12-16)26-17-9-14-3-1-2-4-15(14)10-17;1-2-26-17(24)7-8-20-18(25)15-11-21-19(22-12-15)23-16-9-13-5-3-4-6-14(13)10-16;22-15(23)5-6-18-16(24)13-9-19-17(20-10-13)21-14-7-11-3-1-2-4-12(11)8-14;18-13(19)11-7-15-14(16-8-11)17-12-5-9-3-1-2-4-10(9)6-12;1-2-6-3-5-4(1)7-9-8-5;/h1-4,11-12,17-19H,5-10,13H2,(H,23,32)(H,27,28)(H,24,25,26);3-6,11-12,16H,2,7-10H2,1H3,(H,20,25)(H,21,22,23);1-4,9-10,14H,5-8H2,(H,18,24)(H,22,23)(H,19,20,21);1-4,7-8,12H,5-6H2,(H,18,19)(H,15,16,17);6H,1-3H2,(H,7,8,9);1H. The van der Waals surface area contributed by atoms with E-state index in [4.69, 9.17) is 14.9 Å². The zero-order valence-corrected chi connectivity index (χ0v) is 61.9. The minimum absolute atomic E-state index is 0. The van der Waals surface area contributed by atoms with Crippen molar-refractivity contribution in [3.63, 3.8) is 0 Å². The monoisotopic (exact) mass is 1530 g/mol. The summed E-state index contributed by atoms with van der Waals surface area (Å²) in [5, 5.41) is 60.2. The maximum absolute atomic E-state index is 12.4. The lowest BCUT2D eigenvalue weighted by atomic mass is 10.0. The number of hydrogen-bond acceptors (Lipinski definition) is 26. The van der Waals surface area contributed by atoms with Gasteiger partial charge in [0, 0.05) is 132 Å². The van der Waals surface area contributed by atoms with Crippen LogP contribution in [0.5, 0.6) is 0 Å². The number of aliphatic carboxylic acids is 1. The normalized spacial score (nSPS) is 16.0. The number of carboxylic acid groups (broad SMARTS) is 2. The van der Waals surface area contributed by atoms with Crippen molar-refractivity contribution in [3.05, 3.63) is 225 Å². The van der Waals surface area contributed by atoms with Crippen molar-refractivity contribution in [2.45, 2.75) is 133 Å². The lowest BCUT2D eigenvalue weighted by Gasteiger charge is -2.32. The second-order valence-corrected chi connectivity index (χ2v) is 27.1. The van der Waals surface area contributed by atoms with E-state index in [1.807, 2.05) is 41.3 Å². The van der Waals surface area contributed by atoms with Crippen LogP contribution in [0.2, 0.25) is 0 Å². The van der Waals surface area contributed by atoms with Crippen molar-refractivity contribution in [2.75, 3.05) is 67.1 Å². The van der Waals surface area contributed by atoms with Crippen LogP contribution in [0.3, 0.4) is 0 Å². The molecule has 3 aliphatic heterocycles. The number of anilines is 4. The molecule has 111 heavy (non-hydrogen) atoms. The van der Waals surface area contributed by atoms with Crippen LogP contribution < -0.4 is 48.0 Å². The van der Waals surface area contributed by atoms with Crippen LogP contribution in [0.25, 0.3) is 0 Å². The molecule has 12 N–H and O–H groups in total. The van der Waals surface area contributed by atoms with E-state index in [1.54, 1.807) is 6.92 Å². The summed E-state index contributed by atoms with van der Waals surface area (Å²) in [5.74, 6) is -1.28. The number of hydrogen-bond donors (Lipinski definition) is 12. The molecule has 4 amide bonds. The summed E-state index contributed by atoms with van der Waals surface area (Å²) in [6.07, 6.45) is 21.1. The third-order valence-electron chi connectivity index (χ3n) is 19.2. The van der Waals surface area contributed by atoms with E-state index in [0.717, 1.165) is 88.7 Å². The molecule has 1 saturated heterocycles. The predicted octanol–water partition coefficient (Wildman–Crippen LogP) is 5.74. The number of carboxylic acids is 2. The number of esters is 1. The second kappa shape index (κ2) is 39.5. The Morgan fingerprint density at radius 3 is 1.21 bits per heavy atom. The lowest BCUT2D eigenvalue weighted by molar-refractivity contribution is -0.143. The third-order valence-corrected chi connectivity index (χ3v) is 19.2. The number of carbonyl (C=O) groups is 7. The topological polar surface area (TPSA) is 450 Å². The van der Waals surface area contributed by atoms with Gasteiger partial charge in [0.1, 0.15) is 0 Å². The number of halogens is 1. The molecule has 4 aliphatic carbocycles. The van der Waals surface area contributed by atoms with Gasteiger partial charge in [-0.3, -0.25) is 34.2 Å². The fourth-order valence-electron chi connectivity index (χ4n) is 13.6. The van der Waals surface area contributed by atoms with Crippen LogP contribution in [0.4, 0.5) is 23.8 Å². The van der Waals surface area contributed by atoms with Crippen molar-refractivity contribution in [1.29, 1.82) is 0 Å². The Kier molecular flexibility index (Phi) is 28.3. The summed E-state index contributed by atoms with van der Waals surface area (Å²) in [5.41, 5.74) is 17.0. The Balaban J connectivity index is 0.000000142. The van der Waals surface area contributed by atoms with Crippen molar-refractivity contribution < 1.29 is 48.5 Å². The molecule has 7 aliphatic rings. The highest BCUT2D eigenvalue weighted by Gasteiger charge is 2.34. The molecule has 0 spiro atoms. The number of benzene rings is 4. The molecule has 8 heterocycles. The quantitative estimate of drug-likeness (QED) is 0.0360. The zero-order valence-electron chi connectivity index (χ0n) is 61.1. The number of fused-ring (bicyclic) bond motifs is 6. The highest BCUT2D eigenvalue weighted by atomic mass is 35.5. The van der Waals surface area contributed by atoms with Crippen LogP contribution in [0, 0.1) is 0 Å². The molecule has 0 radical (unpaired) electrons. The van der Waals surface area contributed by atoms with Crippen LogP contribution in [0.15, 0.2) is 157 Å². The number of carbonyl (C=O) groups excluding carboxylic acids is 5. The molecule has 2 unspecified atom stereocenters. The molecule has 0 bridgehead atoms. The molecular formula is C77H88ClN23O10. The van der Waals surface area contributed by atoms with Gasteiger partial charge < -0.3 is 62.4 Å². The average molecular weight is 1530 g/mol. The van der Waals surface area contributed by atoms with Gasteiger partial charge in [0.15, 0.2) is 0 Å². The molecular weight excluding hydrogens is 1440 g/mol. The molecule has 578 valence electrons. The number of nitrogens with one attached hydrogen (secondary N) is 10. The van der Waals surface area contributed by atoms with E-state index in [9.17, 15) is 33.6 Å². The molecule has 34 heteroatoms. The fourth-order valence-corrected chi connectivity index (χ4v) is 13.6. The van der Waals surface area contributed by atoms with Gasteiger partial charge in [-0.2, -0.15) is 20.5 Å². The highest BCUT2D eigenvalue weighted by molar-refractivity contribution is 5.95. The van der Waals surface area contributed by atoms with E-state index < -0.39 is 11.9 Å². The summed E-state index contributed by atoms with van der Waals surface area (Å²) < 4.78 is 4.81. The number of likely N-dealkylation sites (tertiary alicyclic amines) is 1. The van der Waals surface area contributed by atoms with Gasteiger partial charge in [-0.1, -0.05) is 102 Å². The van der Waals surface area contributed by atoms with Crippen LogP contribution in [0.1, 0.15) is 130 Å². The lowest BCUT2D eigenvalue weighted by Crippen LogP contribution is -2.51. The first kappa shape index (κ1) is 79.5. The molecule has 2 atom stereocenters. The van der Waals surface area contributed by atoms with Crippen LogP contribution in [-0.2, 0) is 83.5 Å². The van der Waals surface area contributed by atoms with Gasteiger partial charge in [0.2, 0.25) is 29.7 Å². The van der Waals surface area contributed by atoms with Crippen molar-refractivity contribution >= 4 is 77.7 Å². The summed E-state index contributed by atoms with van der Waals surface area (Å²) in [6, 6.07) is 34.8. The van der Waals surface area contributed by atoms with Crippen LogP contribution >= 0.6 is 12.4 Å². The SMILES string of the molecule is C1Cc2n[nH]nc2CN1.CCOC(=O)CCNC(=O)c1cnc(NC2Cc3ccccc3C2)nc1.Cl.O=C(NCCC(=O)N1CCC2N=NNC2C1)c1cnc(NC2Cc3ccccc3C2)nc1.O=C(O)CCNC(=O)c1cnc(NC2Cc3ccccc3C2)nc1.O=C(O)c1cnc(NC2Cc3ccccc3C2)nc1. The van der Waals surface area contributed by atoms with Gasteiger partial charge in [0.05, 0.1) is 65.2 Å². The Labute approximate surface area is 645 Å². The Morgan fingerprint density at radius 2 is 0.847 bits per heavy atom. The van der Waals surface area contributed by atoms with E-state index in [-0.39, 0.29) is 123 Å². The van der Waals surface area contributed by atoms with E-state index in [1.165, 1.54) is 94.1 Å².